The molecular formula is C29H41F3N6O4Si. The fraction of sp³-hybridized carbons (Fsp3) is 0.586. The van der Waals surface area contributed by atoms with Crippen LogP contribution in [0.2, 0.25) is 25.7 Å². The molecule has 0 saturated carbocycles. The molecule has 1 atom stereocenters. The molecule has 236 valence electrons. The molecule has 1 N–H and O–H groups in total. The Labute approximate surface area is 250 Å². The highest BCUT2D eigenvalue weighted by molar-refractivity contribution is 6.76. The molecule has 14 heteroatoms. The van der Waals surface area contributed by atoms with Crippen LogP contribution < -0.4 is 10.9 Å². The van der Waals surface area contributed by atoms with Crippen LogP contribution in [0.3, 0.4) is 0 Å². The molecule has 0 radical (unpaired) electrons. The van der Waals surface area contributed by atoms with Gasteiger partial charge in [0.1, 0.15) is 23.4 Å². The second kappa shape index (κ2) is 12.3. The minimum atomic E-state index is -4.74. The van der Waals surface area contributed by atoms with Gasteiger partial charge in [-0.1, -0.05) is 19.6 Å². The van der Waals surface area contributed by atoms with Crippen LogP contribution in [0.5, 0.6) is 0 Å². The second-order valence-electron chi connectivity index (χ2n) is 13.2. The van der Waals surface area contributed by atoms with Crippen molar-refractivity contribution in [3.05, 3.63) is 40.6 Å². The Kier molecular flexibility index (Phi) is 9.31. The number of aryl methyl sites for hydroxylation is 1. The lowest BCUT2D eigenvalue weighted by atomic mass is 10.1. The van der Waals surface area contributed by atoms with Gasteiger partial charge in [-0.2, -0.15) is 13.2 Å². The van der Waals surface area contributed by atoms with Crippen LogP contribution in [0.25, 0.3) is 22.2 Å². The lowest BCUT2D eigenvalue weighted by Crippen LogP contribution is -2.47. The number of piperidine rings is 1. The molecule has 1 saturated heterocycles. The third-order valence-electron chi connectivity index (χ3n) is 7.09. The Morgan fingerprint density at radius 3 is 2.58 bits per heavy atom. The van der Waals surface area contributed by atoms with E-state index in [1.807, 2.05) is 0 Å². The molecule has 1 fully saturated rings. The fourth-order valence-corrected chi connectivity index (χ4v) is 5.62. The number of carbonyl (C=O) groups excluding carboxylic acids is 1. The van der Waals surface area contributed by atoms with E-state index >= 15 is 0 Å². The highest BCUT2D eigenvalue weighted by atomic mass is 28.3. The van der Waals surface area contributed by atoms with Crippen LogP contribution in [0, 0.1) is 0 Å². The minimum Gasteiger partial charge on any atom is -0.444 e. The van der Waals surface area contributed by atoms with Gasteiger partial charge in [0.15, 0.2) is 0 Å². The smallest absolute Gasteiger partial charge is 0.419 e. The van der Waals surface area contributed by atoms with Gasteiger partial charge in [0.2, 0.25) is 5.95 Å². The summed E-state index contributed by atoms with van der Waals surface area (Å²) in [5, 5.41) is 3.45. The van der Waals surface area contributed by atoms with E-state index in [0.717, 1.165) is 12.2 Å². The number of halogens is 3. The third kappa shape index (κ3) is 8.16. The number of rotatable bonds is 8. The van der Waals surface area contributed by atoms with Gasteiger partial charge in [0.25, 0.3) is 5.56 Å². The third-order valence-corrected chi connectivity index (χ3v) is 8.79. The number of nitrogens with zero attached hydrogens (tertiary/aromatic N) is 5. The molecule has 0 unspecified atom stereocenters. The lowest BCUT2D eigenvalue weighted by molar-refractivity contribution is -0.137. The van der Waals surface area contributed by atoms with E-state index in [-0.39, 0.29) is 41.1 Å². The number of carbonyl (C=O) groups is 1. The topological polar surface area (TPSA) is 104 Å². The number of anilines is 1. The van der Waals surface area contributed by atoms with Crippen LogP contribution in [0.4, 0.5) is 23.9 Å². The first-order valence-electron chi connectivity index (χ1n) is 14.4. The van der Waals surface area contributed by atoms with Crippen LogP contribution in [0.1, 0.15) is 39.2 Å². The zero-order valence-electron chi connectivity index (χ0n) is 25.8. The zero-order chi connectivity index (χ0) is 31.7. The van der Waals surface area contributed by atoms with Crippen molar-refractivity contribution in [1.29, 1.82) is 0 Å². The van der Waals surface area contributed by atoms with Gasteiger partial charge >= 0.3 is 12.3 Å². The number of alkyl halides is 3. The van der Waals surface area contributed by atoms with Crippen molar-refractivity contribution in [3.8, 4) is 11.3 Å². The number of hydrogen-bond donors (Lipinski definition) is 1. The summed E-state index contributed by atoms with van der Waals surface area (Å²) in [5.74, 6) is -0.00448. The maximum Gasteiger partial charge on any atom is 0.419 e. The molecule has 3 aromatic rings. The molecule has 0 aliphatic carbocycles. The van der Waals surface area contributed by atoms with Crippen LogP contribution in [-0.2, 0) is 29.4 Å². The summed E-state index contributed by atoms with van der Waals surface area (Å²) in [4.78, 5) is 35.7. The van der Waals surface area contributed by atoms with E-state index in [4.69, 9.17) is 9.47 Å². The van der Waals surface area contributed by atoms with Gasteiger partial charge in [0, 0.05) is 70.4 Å². The Morgan fingerprint density at radius 2 is 1.93 bits per heavy atom. The number of ether oxygens (including phenoxy) is 2. The van der Waals surface area contributed by atoms with Crippen molar-refractivity contribution < 1.29 is 27.4 Å². The quantitative estimate of drug-likeness (QED) is 0.245. The summed E-state index contributed by atoms with van der Waals surface area (Å²) < 4.78 is 57.1. The molecule has 4 heterocycles. The number of likely N-dealkylation sites (tertiary alicyclic amines) is 1. The maximum absolute atomic E-state index is 14.3. The summed E-state index contributed by atoms with van der Waals surface area (Å²) in [5.41, 5.74) is -1.99. The molecule has 1 aliphatic rings. The van der Waals surface area contributed by atoms with Crippen molar-refractivity contribution >= 4 is 31.0 Å². The maximum atomic E-state index is 14.3. The number of hydrogen-bond acceptors (Lipinski definition) is 7. The Morgan fingerprint density at radius 1 is 1.21 bits per heavy atom. The average molecular weight is 623 g/mol. The lowest BCUT2D eigenvalue weighted by Gasteiger charge is -2.34. The van der Waals surface area contributed by atoms with E-state index in [1.165, 1.54) is 17.0 Å². The van der Waals surface area contributed by atoms with E-state index in [1.54, 1.807) is 43.4 Å². The van der Waals surface area contributed by atoms with Crippen LogP contribution >= 0.6 is 0 Å². The molecule has 1 amide bonds. The summed E-state index contributed by atoms with van der Waals surface area (Å²) in [6.07, 6.45) is -0.0723. The van der Waals surface area contributed by atoms with Crippen LogP contribution in [-0.4, -0.2) is 69.5 Å². The molecule has 43 heavy (non-hydrogen) atoms. The molecule has 0 bridgehead atoms. The van der Waals surface area contributed by atoms with Crippen molar-refractivity contribution in [2.45, 2.75) is 83.8 Å². The summed E-state index contributed by atoms with van der Waals surface area (Å²) in [6.45, 7) is 13.3. The monoisotopic (exact) mass is 622 g/mol. The van der Waals surface area contributed by atoms with Gasteiger partial charge in [-0.05, 0) is 45.7 Å². The second-order valence-corrected chi connectivity index (χ2v) is 18.8. The predicted molar refractivity (Wildman–Crippen MR) is 162 cm³/mol. The van der Waals surface area contributed by atoms with E-state index in [9.17, 15) is 22.8 Å². The van der Waals surface area contributed by atoms with Gasteiger partial charge in [-0.25, -0.2) is 14.8 Å². The van der Waals surface area contributed by atoms with Gasteiger partial charge in [0.05, 0.1) is 5.69 Å². The first-order valence-corrected chi connectivity index (χ1v) is 18.1. The first-order chi connectivity index (χ1) is 19.9. The molecule has 10 nitrogen and oxygen atoms in total. The van der Waals surface area contributed by atoms with Gasteiger partial charge in [-0.15, -0.1) is 0 Å². The van der Waals surface area contributed by atoms with Crippen LogP contribution in [0.15, 0.2) is 29.5 Å². The van der Waals surface area contributed by atoms with E-state index < -0.39 is 31.5 Å². The number of fused-ring (bicyclic) bond motifs is 1. The largest absolute Gasteiger partial charge is 0.444 e. The summed E-state index contributed by atoms with van der Waals surface area (Å²) in [6, 6.07) is 2.22. The molecule has 4 rings (SSSR count). The molecule has 3 aromatic heterocycles. The zero-order valence-corrected chi connectivity index (χ0v) is 26.8. The SMILES string of the molecule is Cn1ccc2c(-c3nc(N[C@H]4CCCN(C(=O)OC(C)(C)C)C4)ncc3C(F)(F)F)cn(COCC[Si](C)(C)C)c2c1=O. The summed E-state index contributed by atoms with van der Waals surface area (Å²) >= 11 is 0. The minimum absolute atomic E-state index is 0.00448. The Hall–Kier alpha value is -3.39. The molecule has 0 aromatic carbocycles. The Balaban J connectivity index is 1.69. The normalized spacial score (nSPS) is 16.5. The average Bonchev–Trinajstić information content (AvgIpc) is 3.26. The highest BCUT2D eigenvalue weighted by Gasteiger charge is 2.37. The predicted octanol–water partition coefficient (Wildman–Crippen LogP) is 5.94. The number of aromatic nitrogens is 4. The van der Waals surface area contributed by atoms with Gasteiger partial charge < -0.3 is 28.8 Å². The number of nitrogens with one attached hydrogen (secondary N) is 1. The fourth-order valence-electron chi connectivity index (χ4n) is 4.87. The van der Waals surface area contributed by atoms with Crippen molar-refractivity contribution in [2.75, 3.05) is 25.0 Å². The number of amides is 1. The highest BCUT2D eigenvalue weighted by Crippen LogP contribution is 2.39. The van der Waals surface area contributed by atoms with E-state index in [0.29, 0.717) is 37.9 Å². The molecule has 0 spiro atoms. The van der Waals surface area contributed by atoms with E-state index in [2.05, 4.69) is 34.9 Å². The number of pyridine rings is 1. The molecular weight excluding hydrogens is 581 g/mol. The van der Waals surface area contributed by atoms with Crippen molar-refractivity contribution in [1.82, 2.24) is 24.0 Å². The molecule has 1 aliphatic heterocycles. The van der Waals surface area contributed by atoms with Crippen molar-refractivity contribution in [3.63, 3.8) is 0 Å². The van der Waals surface area contributed by atoms with Gasteiger partial charge in [-0.3, -0.25) is 4.79 Å². The standard InChI is InChI=1S/C29H41F3N6O4Si/c1-28(2,3)42-27(40)37-11-8-9-19(16-37)34-26-33-15-22(29(30,31)32)23(35-26)21-17-38(18-41-13-14-43(5,6)7)24-20(21)10-12-36(4)25(24)39/h10,12,15,17,19H,8-9,11,13-14,16,18H2,1-7H3,(H,33,34,35)/t19-/m0/s1. The van der Waals surface area contributed by atoms with Crippen molar-refractivity contribution in [2.24, 2.45) is 7.05 Å². The summed E-state index contributed by atoms with van der Waals surface area (Å²) in [7, 11) is 0.218. The Bertz CT molecular complexity index is 1520. The first kappa shape index (κ1) is 32.5.